The molecule has 3 heteroatoms. The summed E-state index contributed by atoms with van der Waals surface area (Å²) >= 11 is 1.48. The summed E-state index contributed by atoms with van der Waals surface area (Å²) in [5, 5.41) is 11.0. The Morgan fingerprint density at radius 2 is 2.38 bits per heavy atom. The van der Waals surface area contributed by atoms with Gasteiger partial charge in [-0.3, -0.25) is 4.79 Å². The van der Waals surface area contributed by atoms with Gasteiger partial charge in [0.2, 0.25) is 0 Å². The zero-order valence-corrected chi connectivity index (χ0v) is 8.36. The Morgan fingerprint density at radius 3 is 2.77 bits per heavy atom. The van der Waals surface area contributed by atoms with Crippen LogP contribution in [0.1, 0.15) is 28.1 Å². The largest absolute Gasteiger partial charge is 0.395 e. The summed E-state index contributed by atoms with van der Waals surface area (Å²) in [7, 11) is 0. The summed E-state index contributed by atoms with van der Waals surface area (Å²) in [5.41, 5.74) is 0.630. The first-order valence-corrected chi connectivity index (χ1v) is 5.27. The van der Waals surface area contributed by atoms with Gasteiger partial charge in [-0.2, -0.15) is 0 Å². The SMILES string of the molecule is Cc1ccsc1C(=O)C1(CO)CC1. The molecular formula is C10H12O2S. The number of hydrogen-bond acceptors (Lipinski definition) is 3. The Morgan fingerprint density at radius 1 is 1.69 bits per heavy atom. The molecule has 0 amide bonds. The lowest BCUT2D eigenvalue weighted by molar-refractivity contribution is 0.0833. The van der Waals surface area contributed by atoms with E-state index in [2.05, 4.69) is 0 Å². The molecule has 70 valence electrons. The molecule has 1 aromatic rings. The maximum atomic E-state index is 11.9. The number of hydrogen-bond donors (Lipinski definition) is 1. The molecule has 0 radical (unpaired) electrons. The van der Waals surface area contributed by atoms with Crippen LogP contribution in [0.4, 0.5) is 0 Å². The second-order valence-electron chi connectivity index (χ2n) is 3.70. The first kappa shape index (κ1) is 8.91. The van der Waals surface area contributed by atoms with Gasteiger partial charge >= 0.3 is 0 Å². The smallest absolute Gasteiger partial charge is 0.181 e. The zero-order valence-electron chi connectivity index (χ0n) is 7.54. The number of thiophene rings is 1. The van der Waals surface area contributed by atoms with Gasteiger partial charge in [0.1, 0.15) is 0 Å². The fraction of sp³-hybridized carbons (Fsp3) is 0.500. The highest BCUT2D eigenvalue weighted by Crippen LogP contribution is 2.48. The average molecular weight is 196 g/mol. The number of rotatable bonds is 3. The molecule has 1 N–H and O–H groups in total. The van der Waals surface area contributed by atoms with E-state index in [1.165, 1.54) is 11.3 Å². The van der Waals surface area contributed by atoms with Crippen molar-refractivity contribution in [3.05, 3.63) is 21.9 Å². The standard InChI is InChI=1S/C10H12O2S/c1-7-2-5-13-8(7)9(12)10(6-11)3-4-10/h2,5,11H,3-4,6H2,1H3. The summed E-state index contributed by atoms with van der Waals surface area (Å²) in [6.45, 7) is 1.94. The van der Waals surface area contributed by atoms with E-state index in [0.29, 0.717) is 0 Å². The van der Waals surface area contributed by atoms with Crippen LogP contribution in [-0.2, 0) is 0 Å². The summed E-state index contributed by atoms with van der Waals surface area (Å²) in [6.07, 6.45) is 1.69. The van der Waals surface area contributed by atoms with Crippen LogP contribution < -0.4 is 0 Å². The normalized spacial score (nSPS) is 18.6. The van der Waals surface area contributed by atoms with Crippen LogP contribution in [0.25, 0.3) is 0 Å². The first-order valence-electron chi connectivity index (χ1n) is 4.39. The molecule has 0 atom stereocenters. The first-order chi connectivity index (χ1) is 6.19. The third kappa shape index (κ3) is 1.32. The highest BCUT2D eigenvalue weighted by atomic mass is 32.1. The van der Waals surface area contributed by atoms with Crippen LogP contribution in [0, 0.1) is 12.3 Å². The molecule has 2 nitrogen and oxygen atoms in total. The van der Waals surface area contributed by atoms with E-state index in [1.807, 2.05) is 18.4 Å². The molecule has 1 aliphatic rings. The second kappa shape index (κ2) is 2.93. The van der Waals surface area contributed by atoms with Crippen molar-refractivity contribution in [3.63, 3.8) is 0 Å². The molecule has 13 heavy (non-hydrogen) atoms. The predicted molar refractivity (Wildman–Crippen MR) is 52.1 cm³/mol. The highest BCUT2D eigenvalue weighted by molar-refractivity contribution is 7.12. The maximum absolute atomic E-state index is 11.9. The third-order valence-electron chi connectivity index (χ3n) is 2.71. The topological polar surface area (TPSA) is 37.3 Å². The van der Waals surface area contributed by atoms with Crippen molar-refractivity contribution < 1.29 is 9.90 Å². The number of ketones is 1. The number of aliphatic hydroxyl groups is 1. The molecule has 1 heterocycles. The van der Waals surface area contributed by atoms with Crippen LogP contribution in [0.5, 0.6) is 0 Å². The molecule has 0 bridgehead atoms. The molecule has 0 aromatic carbocycles. The summed E-state index contributed by atoms with van der Waals surface area (Å²) < 4.78 is 0. The minimum atomic E-state index is -0.407. The van der Waals surface area contributed by atoms with E-state index < -0.39 is 5.41 Å². The molecule has 2 rings (SSSR count). The number of aryl methyl sites for hydroxylation is 1. The number of aliphatic hydroxyl groups excluding tert-OH is 1. The molecule has 1 aliphatic carbocycles. The molecule has 1 fully saturated rings. The van der Waals surface area contributed by atoms with Gasteiger partial charge in [-0.25, -0.2) is 0 Å². The van der Waals surface area contributed by atoms with Gasteiger partial charge in [0, 0.05) is 0 Å². The van der Waals surface area contributed by atoms with E-state index in [-0.39, 0.29) is 12.4 Å². The molecule has 0 spiro atoms. The number of Topliss-reactive ketones (excluding diaryl/α,β-unsaturated/α-hetero) is 1. The van der Waals surface area contributed by atoms with Crippen molar-refractivity contribution in [3.8, 4) is 0 Å². The Balaban J connectivity index is 2.28. The van der Waals surface area contributed by atoms with Gasteiger partial charge in [-0.05, 0) is 36.8 Å². The Labute approximate surface area is 81.2 Å². The van der Waals surface area contributed by atoms with Crippen LogP contribution in [0.3, 0.4) is 0 Å². The Hall–Kier alpha value is -0.670. The van der Waals surface area contributed by atoms with Gasteiger partial charge in [0.15, 0.2) is 5.78 Å². The molecular weight excluding hydrogens is 184 g/mol. The monoisotopic (exact) mass is 196 g/mol. The lowest BCUT2D eigenvalue weighted by Crippen LogP contribution is -2.19. The van der Waals surface area contributed by atoms with E-state index in [0.717, 1.165) is 23.3 Å². The van der Waals surface area contributed by atoms with Gasteiger partial charge < -0.3 is 5.11 Å². The summed E-state index contributed by atoms with van der Waals surface area (Å²) in [4.78, 5) is 12.7. The predicted octanol–water partition coefficient (Wildman–Crippen LogP) is 2.01. The van der Waals surface area contributed by atoms with Gasteiger partial charge in [0.25, 0.3) is 0 Å². The minimum Gasteiger partial charge on any atom is -0.395 e. The highest BCUT2D eigenvalue weighted by Gasteiger charge is 2.49. The van der Waals surface area contributed by atoms with Crippen LogP contribution in [-0.4, -0.2) is 17.5 Å². The molecule has 0 unspecified atom stereocenters. The van der Waals surface area contributed by atoms with E-state index >= 15 is 0 Å². The average Bonchev–Trinajstić information content (AvgIpc) is 2.83. The van der Waals surface area contributed by atoms with Crippen LogP contribution >= 0.6 is 11.3 Å². The van der Waals surface area contributed by atoms with Crippen LogP contribution in [0.15, 0.2) is 11.4 Å². The van der Waals surface area contributed by atoms with Crippen molar-refractivity contribution >= 4 is 17.1 Å². The minimum absolute atomic E-state index is 0.00315. The molecule has 0 saturated heterocycles. The van der Waals surface area contributed by atoms with Crippen molar-refractivity contribution in [1.82, 2.24) is 0 Å². The quantitative estimate of drug-likeness (QED) is 0.751. The number of carbonyl (C=O) groups excluding carboxylic acids is 1. The van der Waals surface area contributed by atoms with E-state index in [1.54, 1.807) is 0 Å². The Bertz CT molecular complexity index is 336. The lowest BCUT2D eigenvalue weighted by atomic mass is 9.99. The second-order valence-corrected chi connectivity index (χ2v) is 4.62. The molecule has 0 aliphatic heterocycles. The van der Waals surface area contributed by atoms with Gasteiger partial charge in [-0.15, -0.1) is 11.3 Å². The van der Waals surface area contributed by atoms with Crippen LogP contribution in [0.2, 0.25) is 0 Å². The van der Waals surface area contributed by atoms with Gasteiger partial charge in [-0.1, -0.05) is 0 Å². The zero-order chi connectivity index (χ0) is 9.47. The van der Waals surface area contributed by atoms with Crippen molar-refractivity contribution in [1.29, 1.82) is 0 Å². The summed E-state index contributed by atoms with van der Waals surface area (Å²) in [5.74, 6) is 0.141. The summed E-state index contributed by atoms with van der Waals surface area (Å²) in [6, 6.07) is 1.95. The third-order valence-corrected chi connectivity index (χ3v) is 3.72. The van der Waals surface area contributed by atoms with Gasteiger partial charge in [0.05, 0.1) is 16.9 Å². The van der Waals surface area contributed by atoms with Crippen molar-refractivity contribution in [2.45, 2.75) is 19.8 Å². The fourth-order valence-corrected chi connectivity index (χ4v) is 2.44. The van der Waals surface area contributed by atoms with E-state index in [9.17, 15) is 4.79 Å². The Kier molecular flexibility index (Phi) is 2.00. The fourth-order valence-electron chi connectivity index (χ4n) is 1.45. The maximum Gasteiger partial charge on any atom is 0.181 e. The molecule has 1 aromatic heterocycles. The van der Waals surface area contributed by atoms with Crippen molar-refractivity contribution in [2.24, 2.45) is 5.41 Å². The van der Waals surface area contributed by atoms with E-state index in [4.69, 9.17) is 5.11 Å². The number of carbonyl (C=O) groups is 1. The molecule has 1 saturated carbocycles. The van der Waals surface area contributed by atoms with Crippen molar-refractivity contribution in [2.75, 3.05) is 6.61 Å². The lowest BCUT2D eigenvalue weighted by Gasteiger charge is -2.08.